The second-order valence-electron chi connectivity index (χ2n) is 11.8. The van der Waals surface area contributed by atoms with E-state index in [1.807, 2.05) is 0 Å². The third-order valence-electron chi connectivity index (χ3n) is 9.13. The van der Waals surface area contributed by atoms with Crippen molar-refractivity contribution in [1.82, 2.24) is 4.57 Å². The highest BCUT2D eigenvalue weighted by Gasteiger charge is 2.22. The maximum absolute atomic E-state index is 2.46. The standard InChI is InChI=1S/C44H30N2/c1-3-15-31(16-4-1)32-18-13-21-35(29-32)45(34-19-5-2-6-20-34)41-27-14-28-42-44(41)39-25-11-12-26-40(39)46(42)43-30-33-17-7-8-22-36(33)37-23-9-10-24-38(37)43/h1-30H. The molecule has 0 fully saturated rings. The zero-order valence-electron chi connectivity index (χ0n) is 25.2. The van der Waals surface area contributed by atoms with Crippen LogP contribution in [-0.2, 0) is 0 Å². The minimum absolute atomic E-state index is 1.12. The Balaban J connectivity index is 1.36. The van der Waals surface area contributed by atoms with Gasteiger partial charge in [-0.15, -0.1) is 0 Å². The highest BCUT2D eigenvalue weighted by Crippen LogP contribution is 2.45. The second-order valence-corrected chi connectivity index (χ2v) is 11.8. The van der Waals surface area contributed by atoms with Gasteiger partial charge in [0, 0.05) is 27.5 Å². The Morgan fingerprint density at radius 3 is 1.78 bits per heavy atom. The van der Waals surface area contributed by atoms with Crippen LogP contribution >= 0.6 is 0 Å². The minimum atomic E-state index is 1.12. The Hall–Kier alpha value is -6.12. The van der Waals surface area contributed by atoms with Crippen LogP contribution in [0.25, 0.3) is 60.2 Å². The third kappa shape index (κ3) is 4.19. The molecule has 216 valence electrons. The van der Waals surface area contributed by atoms with Crippen LogP contribution in [0.1, 0.15) is 0 Å². The van der Waals surface area contributed by atoms with Crippen LogP contribution in [0.4, 0.5) is 17.1 Å². The van der Waals surface area contributed by atoms with E-state index in [2.05, 4.69) is 191 Å². The lowest BCUT2D eigenvalue weighted by Gasteiger charge is -2.27. The molecule has 0 unspecified atom stereocenters. The van der Waals surface area contributed by atoms with Crippen LogP contribution in [0.2, 0.25) is 0 Å². The van der Waals surface area contributed by atoms with Crippen LogP contribution in [0.5, 0.6) is 0 Å². The smallest absolute Gasteiger partial charge is 0.0562 e. The van der Waals surface area contributed by atoms with Gasteiger partial charge in [0.15, 0.2) is 0 Å². The Labute approximate surface area is 268 Å². The van der Waals surface area contributed by atoms with Gasteiger partial charge in [0.25, 0.3) is 0 Å². The Morgan fingerprint density at radius 1 is 0.370 bits per heavy atom. The summed E-state index contributed by atoms with van der Waals surface area (Å²) in [7, 11) is 0. The number of hydrogen-bond acceptors (Lipinski definition) is 1. The van der Waals surface area contributed by atoms with Gasteiger partial charge in [0.1, 0.15) is 0 Å². The molecule has 8 aromatic carbocycles. The summed E-state index contributed by atoms with van der Waals surface area (Å²) in [5.74, 6) is 0. The molecule has 0 aliphatic rings. The van der Waals surface area contributed by atoms with E-state index in [4.69, 9.17) is 0 Å². The molecule has 0 bridgehead atoms. The number of benzene rings is 8. The van der Waals surface area contributed by atoms with Crippen LogP contribution in [0.3, 0.4) is 0 Å². The van der Waals surface area contributed by atoms with Gasteiger partial charge in [-0.2, -0.15) is 0 Å². The number of hydrogen-bond donors (Lipinski definition) is 0. The second kappa shape index (κ2) is 10.8. The van der Waals surface area contributed by atoms with Crippen molar-refractivity contribution in [2.75, 3.05) is 4.90 Å². The zero-order chi connectivity index (χ0) is 30.5. The van der Waals surface area contributed by atoms with Crippen molar-refractivity contribution in [2.24, 2.45) is 0 Å². The molecular formula is C44H30N2. The van der Waals surface area contributed by atoms with E-state index in [-0.39, 0.29) is 0 Å². The van der Waals surface area contributed by atoms with Crippen LogP contribution in [0.15, 0.2) is 182 Å². The first-order valence-corrected chi connectivity index (χ1v) is 15.8. The van der Waals surface area contributed by atoms with Gasteiger partial charge in [-0.3, -0.25) is 0 Å². The molecule has 0 aliphatic carbocycles. The normalized spacial score (nSPS) is 11.5. The number of para-hydroxylation sites is 2. The van der Waals surface area contributed by atoms with E-state index >= 15 is 0 Å². The van der Waals surface area contributed by atoms with Crippen molar-refractivity contribution in [3.8, 4) is 16.8 Å². The molecule has 0 saturated heterocycles. The van der Waals surface area contributed by atoms with E-state index in [9.17, 15) is 0 Å². The summed E-state index contributed by atoms with van der Waals surface area (Å²) in [6, 6.07) is 65.6. The first-order chi connectivity index (χ1) is 22.8. The number of fused-ring (bicyclic) bond motifs is 6. The molecule has 0 saturated carbocycles. The summed E-state index contributed by atoms with van der Waals surface area (Å²) in [5.41, 5.74) is 9.34. The number of rotatable bonds is 5. The van der Waals surface area contributed by atoms with Crippen molar-refractivity contribution in [2.45, 2.75) is 0 Å². The molecule has 1 aromatic heterocycles. The van der Waals surface area contributed by atoms with E-state index in [0.29, 0.717) is 0 Å². The van der Waals surface area contributed by atoms with E-state index in [0.717, 1.165) is 17.1 Å². The summed E-state index contributed by atoms with van der Waals surface area (Å²) >= 11 is 0. The summed E-state index contributed by atoms with van der Waals surface area (Å²) < 4.78 is 2.46. The monoisotopic (exact) mass is 586 g/mol. The van der Waals surface area contributed by atoms with Crippen molar-refractivity contribution in [1.29, 1.82) is 0 Å². The topological polar surface area (TPSA) is 8.17 Å². The predicted molar refractivity (Wildman–Crippen MR) is 196 cm³/mol. The maximum Gasteiger partial charge on any atom is 0.0562 e. The molecule has 0 spiro atoms. The van der Waals surface area contributed by atoms with Gasteiger partial charge in [-0.1, -0.05) is 133 Å². The molecule has 0 aliphatic heterocycles. The van der Waals surface area contributed by atoms with Crippen molar-refractivity contribution < 1.29 is 0 Å². The highest BCUT2D eigenvalue weighted by molar-refractivity contribution is 6.19. The Morgan fingerprint density at radius 2 is 0.957 bits per heavy atom. The molecule has 9 rings (SSSR count). The fourth-order valence-corrected chi connectivity index (χ4v) is 7.13. The number of anilines is 3. The average molecular weight is 587 g/mol. The Bertz CT molecular complexity index is 2530. The quantitative estimate of drug-likeness (QED) is 0.182. The summed E-state index contributed by atoms with van der Waals surface area (Å²) in [6.07, 6.45) is 0. The molecule has 0 N–H and O–H groups in total. The van der Waals surface area contributed by atoms with Gasteiger partial charge in [0.05, 0.1) is 22.4 Å². The van der Waals surface area contributed by atoms with Crippen LogP contribution in [0, 0.1) is 0 Å². The fraction of sp³-hybridized carbons (Fsp3) is 0. The SMILES string of the molecule is c1ccc(-c2cccc(N(c3ccccc3)c3cccc4c3c3ccccc3n4-c3cc4ccccc4c4ccccc34)c2)cc1. The lowest BCUT2D eigenvalue weighted by molar-refractivity contribution is 1.20. The molecule has 2 heteroatoms. The molecule has 2 nitrogen and oxygen atoms in total. The summed E-state index contributed by atoms with van der Waals surface area (Å²) in [6.45, 7) is 0. The van der Waals surface area contributed by atoms with E-state index in [1.54, 1.807) is 0 Å². The van der Waals surface area contributed by atoms with Gasteiger partial charge in [-0.25, -0.2) is 0 Å². The van der Waals surface area contributed by atoms with E-state index < -0.39 is 0 Å². The third-order valence-corrected chi connectivity index (χ3v) is 9.13. The van der Waals surface area contributed by atoms with E-state index in [1.165, 1.54) is 60.2 Å². The van der Waals surface area contributed by atoms with Crippen molar-refractivity contribution in [3.05, 3.63) is 182 Å². The number of aromatic nitrogens is 1. The molecule has 46 heavy (non-hydrogen) atoms. The van der Waals surface area contributed by atoms with Crippen LogP contribution in [-0.4, -0.2) is 4.57 Å². The highest BCUT2D eigenvalue weighted by atomic mass is 15.1. The van der Waals surface area contributed by atoms with Crippen LogP contribution < -0.4 is 4.90 Å². The van der Waals surface area contributed by atoms with Gasteiger partial charge >= 0.3 is 0 Å². The molecule has 1 heterocycles. The average Bonchev–Trinajstić information content (AvgIpc) is 3.47. The van der Waals surface area contributed by atoms with Gasteiger partial charge < -0.3 is 9.47 Å². The van der Waals surface area contributed by atoms with Crippen molar-refractivity contribution in [3.63, 3.8) is 0 Å². The zero-order valence-corrected chi connectivity index (χ0v) is 25.2. The van der Waals surface area contributed by atoms with Gasteiger partial charge in [-0.05, 0) is 75.8 Å². The lowest BCUT2D eigenvalue weighted by atomic mass is 10.00. The minimum Gasteiger partial charge on any atom is -0.310 e. The predicted octanol–water partition coefficient (Wildman–Crippen LogP) is 12.2. The van der Waals surface area contributed by atoms with Crippen molar-refractivity contribution >= 4 is 60.4 Å². The number of nitrogens with zero attached hydrogens (tertiary/aromatic N) is 2. The summed E-state index contributed by atoms with van der Waals surface area (Å²) in [5, 5.41) is 7.47. The summed E-state index contributed by atoms with van der Waals surface area (Å²) in [4.78, 5) is 2.41. The molecule has 9 aromatic rings. The lowest BCUT2D eigenvalue weighted by Crippen LogP contribution is -2.10. The molecule has 0 atom stereocenters. The first kappa shape index (κ1) is 26.3. The molecule has 0 amide bonds. The fourth-order valence-electron chi connectivity index (χ4n) is 7.13. The maximum atomic E-state index is 2.46. The largest absolute Gasteiger partial charge is 0.310 e. The molecular weight excluding hydrogens is 556 g/mol. The molecule has 0 radical (unpaired) electrons. The Kier molecular flexibility index (Phi) is 6.17. The first-order valence-electron chi connectivity index (χ1n) is 15.8. The van der Waals surface area contributed by atoms with Gasteiger partial charge in [0.2, 0.25) is 0 Å².